The number of aromatic amines is 1. The number of aromatic nitrogens is 4. The molecule has 1 amide bonds. The van der Waals surface area contributed by atoms with E-state index < -0.39 is 0 Å². The monoisotopic (exact) mass is 329 g/mol. The third-order valence-electron chi connectivity index (χ3n) is 5.11. The molecular weight excluding hydrogens is 302 g/mol. The van der Waals surface area contributed by atoms with Gasteiger partial charge in [-0.1, -0.05) is 6.42 Å². The van der Waals surface area contributed by atoms with E-state index in [1.807, 2.05) is 25.6 Å². The first kappa shape index (κ1) is 16.7. The zero-order chi connectivity index (χ0) is 17.1. The van der Waals surface area contributed by atoms with Crippen molar-refractivity contribution in [2.24, 2.45) is 7.05 Å². The number of amides is 1. The molecule has 3 rings (SSSR count). The smallest absolute Gasteiger partial charge is 0.220 e. The first-order valence-electron chi connectivity index (χ1n) is 8.87. The Balaban J connectivity index is 1.54. The summed E-state index contributed by atoms with van der Waals surface area (Å²) in [7, 11) is 1.94. The maximum atomic E-state index is 12.2. The number of carbonyl (C=O) groups excluding carboxylic acids is 1. The van der Waals surface area contributed by atoms with Crippen molar-refractivity contribution in [1.82, 2.24) is 25.3 Å². The molecule has 0 fully saturated rings. The molecule has 2 aromatic rings. The Morgan fingerprint density at radius 2 is 2.04 bits per heavy atom. The Hall–Kier alpha value is -2.11. The number of fused-ring (bicyclic) bond motifs is 1. The standard InChI is InChI=1S/C18H27N5O/c1-12-14(13(2)23(3)22-12)9-10-18(24)19-11-17-15-7-5-4-6-8-16(15)20-21-17/h4-11H2,1-3H3,(H,19,24)(H,20,21). The average Bonchev–Trinajstić information content (AvgIpc) is 2.93. The Bertz CT molecular complexity index is 728. The van der Waals surface area contributed by atoms with E-state index in [0.29, 0.717) is 13.0 Å². The van der Waals surface area contributed by atoms with Crippen molar-refractivity contribution in [3.8, 4) is 0 Å². The lowest BCUT2D eigenvalue weighted by atomic mass is 10.1. The summed E-state index contributed by atoms with van der Waals surface area (Å²) in [6.07, 6.45) is 7.09. The number of hydrogen-bond donors (Lipinski definition) is 2. The molecule has 2 N–H and O–H groups in total. The van der Waals surface area contributed by atoms with Crippen LogP contribution in [-0.4, -0.2) is 25.9 Å². The van der Waals surface area contributed by atoms with E-state index in [1.165, 1.54) is 36.1 Å². The van der Waals surface area contributed by atoms with Crippen LogP contribution in [0.5, 0.6) is 0 Å². The second-order valence-corrected chi connectivity index (χ2v) is 6.74. The molecule has 24 heavy (non-hydrogen) atoms. The summed E-state index contributed by atoms with van der Waals surface area (Å²) in [5, 5.41) is 15.0. The molecule has 6 heteroatoms. The van der Waals surface area contributed by atoms with E-state index in [-0.39, 0.29) is 5.91 Å². The van der Waals surface area contributed by atoms with Gasteiger partial charge in [-0.25, -0.2) is 0 Å². The molecule has 2 heterocycles. The number of carbonyl (C=O) groups is 1. The fraction of sp³-hybridized carbons (Fsp3) is 0.611. The topological polar surface area (TPSA) is 75.6 Å². The van der Waals surface area contributed by atoms with Crippen LogP contribution in [0.3, 0.4) is 0 Å². The van der Waals surface area contributed by atoms with Gasteiger partial charge in [-0.05, 0) is 57.1 Å². The number of nitrogens with one attached hydrogen (secondary N) is 2. The molecule has 1 aliphatic rings. The highest BCUT2D eigenvalue weighted by Crippen LogP contribution is 2.21. The highest BCUT2D eigenvalue weighted by Gasteiger charge is 2.16. The van der Waals surface area contributed by atoms with Crippen LogP contribution in [0.4, 0.5) is 0 Å². The Labute approximate surface area is 143 Å². The minimum atomic E-state index is 0.0722. The summed E-state index contributed by atoms with van der Waals surface area (Å²) in [6, 6.07) is 0. The van der Waals surface area contributed by atoms with Gasteiger partial charge in [0, 0.05) is 24.9 Å². The average molecular weight is 329 g/mol. The number of hydrogen-bond acceptors (Lipinski definition) is 3. The Morgan fingerprint density at radius 1 is 1.25 bits per heavy atom. The molecule has 0 aliphatic heterocycles. The van der Waals surface area contributed by atoms with Gasteiger partial charge in [0.05, 0.1) is 17.9 Å². The van der Waals surface area contributed by atoms with Gasteiger partial charge in [-0.2, -0.15) is 10.2 Å². The number of aryl methyl sites for hydroxylation is 3. The van der Waals surface area contributed by atoms with Crippen LogP contribution >= 0.6 is 0 Å². The summed E-state index contributed by atoms with van der Waals surface area (Å²) < 4.78 is 1.88. The van der Waals surface area contributed by atoms with Gasteiger partial charge in [0.2, 0.25) is 5.91 Å². The van der Waals surface area contributed by atoms with Gasteiger partial charge in [0.15, 0.2) is 0 Å². The molecule has 0 saturated carbocycles. The SMILES string of the molecule is Cc1nn(C)c(C)c1CCC(=O)NCc1n[nH]c2c1CCCCC2. The maximum Gasteiger partial charge on any atom is 0.220 e. The number of H-pyrrole nitrogens is 1. The summed E-state index contributed by atoms with van der Waals surface area (Å²) >= 11 is 0. The molecule has 0 radical (unpaired) electrons. The van der Waals surface area contributed by atoms with Crippen LogP contribution < -0.4 is 5.32 Å². The fourth-order valence-electron chi connectivity index (χ4n) is 3.56. The van der Waals surface area contributed by atoms with Crippen LogP contribution in [0.2, 0.25) is 0 Å². The van der Waals surface area contributed by atoms with Crippen molar-refractivity contribution in [2.75, 3.05) is 0 Å². The number of rotatable bonds is 5. The van der Waals surface area contributed by atoms with E-state index in [2.05, 4.69) is 20.6 Å². The summed E-state index contributed by atoms with van der Waals surface area (Å²) in [5.41, 5.74) is 6.93. The molecule has 130 valence electrons. The van der Waals surface area contributed by atoms with Gasteiger partial charge in [0.25, 0.3) is 0 Å². The van der Waals surface area contributed by atoms with E-state index in [4.69, 9.17) is 0 Å². The molecule has 0 unspecified atom stereocenters. The van der Waals surface area contributed by atoms with Gasteiger partial charge in [-0.15, -0.1) is 0 Å². The third-order valence-corrected chi connectivity index (χ3v) is 5.11. The van der Waals surface area contributed by atoms with Crippen molar-refractivity contribution >= 4 is 5.91 Å². The summed E-state index contributed by atoms with van der Waals surface area (Å²) in [4.78, 5) is 12.2. The zero-order valence-corrected chi connectivity index (χ0v) is 14.9. The minimum Gasteiger partial charge on any atom is -0.350 e. The third kappa shape index (κ3) is 3.52. The molecule has 0 atom stereocenters. The second kappa shape index (κ2) is 7.20. The highest BCUT2D eigenvalue weighted by atomic mass is 16.1. The largest absolute Gasteiger partial charge is 0.350 e. The molecule has 0 aromatic carbocycles. The van der Waals surface area contributed by atoms with E-state index in [1.54, 1.807) is 0 Å². The van der Waals surface area contributed by atoms with Gasteiger partial charge in [0.1, 0.15) is 0 Å². The van der Waals surface area contributed by atoms with Crippen molar-refractivity contribution in [1.29, 1.82) is 0 Å². The molecule has 0 bridgehead atoms. The maximum absolute atomic E-state index is 12.2. The van der Waals surface area contributed by atoms with Crippen molar-refractivity contribution in [3.63, 3.8) is 0 Å². The Kier molecular flexibility index (Phi) is 5.02. The molecule has 6 nitrogen and oxygen atoms in total. The minimum absolute atomic E-state index is 0.0722. The van der Waals surface area contributed by atoms with Crippen LogP contribution in [-0.2, 0) is 37.6 Å². The fourth-order valence-corrected chi connectivity index (χ4v) is 3.56. The molecule has 0 spiro atoms. The first-order chi connectivity index (χ1) is 11.6. The predicted molar refractivity (Wildman–Crippen MR) is 92.7 cm³/mol. The van der Waals surface area contributed by atoms with Crippen LogP contribution in [0.1, 0.15) is 59.6 Å². The Morgan fingerprint density at radius 3 is 2.79 bits per heavy atom. The van der Waals surface area contributed by atoms with E-state index >= 15 is 0 Å². The van der Waals surface area contributed by atoms with Crippen LogP contribution in [0.15, 0.2) is 0 Å². The zero-order valence-electron chi connectivity index (χ0n) is 14.9. The lowest BCUT2D eigenvalue weighted by Gasteiger charge is -2.06. The van der Waals surface area contributed by atoms with Crippen LogP contribution in [0.25, 0.3) is 0 Å². The molecule has 1 aliphatic carbocycles. The van der Waals surface area contributed by atoms with Crippen molar-refractivity contribution in [3.05, 3.63) is 33.9 Å². The van der Waals surface area contributed by atoms with E-state index in [9.17, 15) is 4.79 Å². The van der Waals surface area contributed by atoms with Crippen LogP contribution in [0, 0.1) is 13.8 Å². The van der Waals surface area contributed by atoms with Crippen molar-refractivity contribution < 1.29 is 4.79 Å². The summed E-state index contributed by atoms with van der Waals surface area (Å²) in [5.74, 6) is 0.0722. The molecule has 0 saturated heterocycles. The predicted octanol–water partition coefficient (Wildman–Crippen LogP) is 2.28. The normalized spacial score (nSPS) is 14.3. The van der Waals surface area contributed by atoms with Gasteiger partial charge < -0.3 is 5.32 Å². The first-order valence-corrected chi connectivity index (χ1v) is 8.87. The lowest BCUT2D eigenvalue weighted by molar-refractivity contribution is -0.121. The lowest BCUT2D eigenvalue weighted by Crippen LogP contribution is -2.24. The molecule has 2 aromatic heterocycles. The van der Waals surface area contributed by atoms with Gasteiger partial charge >= 0.3 is 0 Å². The summed E-state index contributed by atoms with van der Waals surface area (Å²) in [6.45, 7) is 4.57. The van der Waals surface area contributed by atoms with Gasteiger partial charge in [-0.3, -0.25) is 14.6 Å². The number of nitrogens with zero attached hydrogens (tertiary/aromatic N) is 3. The van der Waals surface area contributed by atoms with Crippen molar-refractivity contribution in [2.45, 2.75) is 65.3 Å². The molecular formula is C18H27N5O. The highest BCUT2D eigenvalue weighted by molar-refractivity contribution is 5.76. The quantitative estimate of drug-likeness (QED) is 0.826. The van der Waals surface area contributed by atoms with E-state index in [0.717, 1.165) is 36.3 Å². The second-order valence-electron chi connectivity index (χ2n) is 6.74.